The smallest absolute Gasteiger partial charge is 0.191 e. The van der Waals surface area contributed by atoms with Gasteiger partial charge in [-0.05, 0) is 48.9 Å². The van der Waals surface area contributed by atoms with Crippen LogP contribution in [0.25, 0.3) is 0 Å². The first-order valence-corrected chi connectivity index (χ1v) is 12.4. The Bertz CT molecular complexity index is 751. The van der Waals surface area contributed by atoms with Crippen molar-refractivity contribution in [3.63, 3.8) is 0 Å². The van der Waals surface area contributed by atoms with Crippen LogP contribution >= 0.6 is 11.3 Å². The molecular weight excluding hydrogens is 410 g/mol. The monoisotopic (exact) mass is 445 g/mol. The van der Waals surface area contributed by atoms with E-state index in [4.69, 9.17) is 14.1 Å². The zero-order chi connectivity index (χ0) is 21.1. The number of morpholine rings is 1. The largest absolute Gasteiger partial charge is 0.469 e. The van der Waals surface area contributed by atoms with E-state index < -0.39 is 0 Å². The molecule has 0 aromatic carbocycles. The molecule has 170 valence electrons. The summed E-state index contributed by atoms with van der Waals surface area (Å²) < 4.78 is 10.9. The van der Waals surface area contributed by atoms with Gasteiger partial charge in [0.1, 0.15) is 5.76 Å². The summed E-state index contributed by atoms with van der Waals surface area (Å²) >= 11 is 1.83. The van der Waals surface area contributed by atoms with E-state index in [9.17, 15) is 0 Å². The standard InChI is InChI=1S/C23H35N5O2S/c1-4-21(30-16-1)6-10-25-23(24-9-3-11-27-14-17-29-18-15-27)26-20-7-12-28(13-8-20)22-5-2-19-31-22/h1-2,4-5,16,19-20H,3,6-15,17-18H2,(H2,24,25,26). The predicted octanol–water partition coefficient (Wildman–Crippen LogP) is 2.81. The number of rotatable bonds is 9. The maximum absolute atomic E-state index is 5.46. The topological polar surface area (TPSA) is 65.3 Å². The first-order valence-electron chi connectivity index (χ1n) is 11.5. The van der Waals surface area contributed by atoms with Gasteiger partial charge in [0.15, 0.2) is 5.96 Å². The van der Waals surface area contributed by atoms with E-state index in [0.717, 1.165) is 96.4 Å². The van der Waals surface area contributed by atoms with E-state index in [-0.39, 0.29) is 0 Å². The molecule has 2 fully saturated rings. The maximum Gasteiger partial charge on any atom is 0.191 e. The molecular formula is C23H35N5O2S. The van der Waals surface area contributed by atoms with Crippen LogP contribution in [-0.2, 0) is 11.2 Å². The summed E-state index contributed by atoms with van der Waals surface area (Å²) in [6.07, 6.45) is 5.92. The highest BCUT2D eigenvalue weighted by molar-refractivity contribution is 7.14. The van der Waals surface area contributed by atoms with Crippen LogP contribution < -0.4 is 15.5 Å². The quantitative estimate of drug-likeness (QED) is 0.352. The first-order chi connectivity index (χ1) is 15.4. The summed E-state index contributed by atoms with van der Waals surface area (Å²) in [7, 11) is 0. The highest BCUT2D eigenvalue weighted by Gasteiger charge is 2.20. The fourth-order valence-corrected chi connectivity index (χ4v) is 4.89. The lowest BCUT2D eigenvalue weighted by atomic mass is 10.1. The zero-order valence-corrected chi connectivity index (χ0v) is 19.1. The van der Waals surface area contributed by atoms with Gasteiger partial charge in [0, 0.05) is 58.3 Å². The second kappa shape index (κ2) is 12.1. The molecule has 2 aromatic heterocycles. The Morgan fingerprint density at radius 1 is 1.13 bits per heavy atom. The van der Waals surface area contributed by atoms with Crippen molar-refractivity contribution in [1.82, 2.24) is 15.5 Å². The number of thiophene rings is 1. The predicted molar refractivity (Wildman–Crippen MR) is 127 cm³/mol. The first kappa shape index (κ1) is 22.2. The van der Waals surface area contributed by atoms with Gasteiger partial charge in [-0.3, -0.25) is 9.89 Å². The average Bonchev–Trinajstić information content (AvgIpc) is 3.52. The number of piperidine rings is 1. The number of ether oxygens (including phenoxy) is 1. The Balaban J connectivity index is 1.24. The van der Waals surface area contributed by atoms with Crippen molar-refractivity contribution >= 4 is 22.3 Å². The molecule has 4 rings (SSSR count). The van der Waals surface area contributed by atoms with Crippen LogP contribution in [0.1, 0.15) is 25.0 Å². The van der Waals surface area contributed by atoms with Gasteiger partial charge in [0.25, 0.3) is 0 Å². The summed E-state index contributed by atoms with van der Waals surface area (Å²) in [4.78, 5) is 9.85. The minimum atomic E-state index is 0.463. The van der Waals surface area contributed by atoms with Crippen molar-refractivity contribution in [2.45, 2.75) is 31.7 Å². The number of hydrogen-bond donors (Lipinski definition) is 2. The highest BCUT2D eigenvalue weighted by atomic mass is 32.1. The van der Waals surface area contributed by atoms with Crippen LogP contribution in [0.4, 0.5) is 5.00 Å². The van der Waals surface area contributed by atoms with Crippen LogP contribution in [-0.4, -0.2) is 75.9 Å². The Morgan fingerprint density at radius 2 is 2.00 bits per heavy atom. The lowest BCUT2D eigenvalue weighted by molar-refractivity contribution is 0.0377. The fourth-order valence-electron chi connectivity index (χ4n) is 4.11. The third kappa shape index (κ3) is 7.26. The lowest BCUT2D eigenvalue weighted by Crippen LogP contribution is -2.49. The maximum atomic E-state index is 5.46. The molecule has 2 N–H and O–H groups in total. The summed E-state index contributed by atoms with van der Waals surface area (Å²) in [5, 5.41) is 10.7. The van der Waals surface area contributed by atoms with Gasteiger partial charge in [-0.25, -0.2) is 0 Å². The molecule has 8 heteroatoms. The van der Waals surface area contributed by atoms with Crippen LogP contribution in [0.3, 0.4) is 0 Å². The Morgan fingerprint density at radius 3 is 2.74 bits per heavy atom. The van der Waals surface area contributed by atoms with E-state index in [1.807, 2.05) is 23.5 Å². The minimum absolute atomic E-state index is 0.463. The second-order valence-corrected chi connectivity index (χ2v) is 9.08. The van der Waals surface area contributed by atoms with E-state index in [0.29, 0.717) is 6.04 Å². The van der Waals surface area contributed by atoms with Crippen molar-refractivity contribution < 1.29 is 9.15 Å². The van der Waals surface area contributed by atoms with Crippen LogP contribution in [0.5, 0.6) is 0 Å². The van der Waals surface area contributed by atoms with Gasteiger partial charge >= 0.3 is 0 Å². The number of furan rings is 1. The molecule has 0 aliphatic carbocycles. The molecule has 2 saturated heterocycles. The number of hydrogen-bond acceptors (Lipinski definition) is 6. The third-order valence-corrected chi connectivity index (χ3v) is 6.83. The van der Waals surface area contributed by atoms with Crippen molar-refractivity contribution in [3.8, 4) is 0 Å². The van der Waals surface area contributed by atoms with E-state index in [2.05, 4.69) is 37.9 Å². The third-order valence-electron chi connectivity index (χ3n) is 5.90. The molecule has 0 bridgehead atoms. The normalized spacial score (nSPS) is 19.0. The van der Waals surface area contributed by atoms with E-state index in [1.165, 1.54) is 5.00 Å². The van der Waals surface area contributed by atoms with Crippen LogP contribution in [0.15, 0.2) is 45.3 Å². The molecule has 2 aromatic rings. The molecule has 7 nitrogen and oxygen atoms in total. The van der Waals surface area contributed by atoms with Crippen LogP contribution in [0, 0.1) is 0 Å². The average molecular weight is 446 g/mol. The van der Waals surface area contributed by atoms with Gasteiger partial charge in [0.05, 0.1) is 24.5 Å². The summed E-state index contributed by atoms with van der Waals surface area (Å²) in [5.74, 6) is 1.94. The van der Waals surface area contributed by atoms with Crippen molar-refractivity contribution in [3.05, 3.63) is 41.7 Å². The molecule has 0 saturated carbocycles. The SMILES string of the molecule is c1coc(CCNC(=NCCCN2CCOCC2)NC2CCN(c3cccs3)CC2)c1. The van der Waals surface area contributed by atoms with Gasteiger partial charge in [-0.2, -0.15) is 0 Å². The van der Waals surface area contributed by atoms with Gasteiger partial charge < -0.3 is 24.7 Å². The lowest BCUT2D eigenvalue weighted by Gasteiger charge is -2.33. The Hall–Kier alpha value is -2.03. The number of nitrogens with one attached hydrogen (secondary N) is 2. The molecule has 2 aliphatic rings. The molecule has 0 spiro atoms. The molecule has 4 heterocycles. The molecule has 0 atom stereocenters. The van der Waals surface area contributed by atoms with Crippen molar-refractivity contribution in [1.29, 1.82) is 0 Å². The molecule has 0 amide bonds. The Kier molecular flexibility index (Phi) is 8.67. The number of guanidine groups is 1. The van der Waals surface area contributed by atoms with Gasteiger partial charge in [-0.1, -0.05) is 0 Å². The molecule has 0 radical (unpaired) electrons. The number of aliphatic imine (C=N–C) groups is 1. The van der Waals surface area contributed by atoms with Gasteiger partial charge in [-0.15, -0.1) is 11.3 Å². The summed E-state index contributed by atoms with van der Waals surface area (Å²) in [6.45, 7) is 8.72. The zero-order valence-electron chi connectivity index (χ0n) is 18.3. The molecule has 0 unspecified atom stereocenters. The van der Waals surface area contributed by atoms with Gasteiger partial charge in [0.2, 0.25) is 0 Å². The molecule has 2 aliphatic heterocycles. The molecule has 31 heavy (non-hydrogen) atoms. The highest BCUT2D eigenvalue weighted by Crippen LogP contribution is 2.24. The second-order valence-electron chi connectivity index (χ2n) is 8.15. The van der Waals surface area contributed by atoms with Crippen LogP contribution in [0.2, 0.25) is 0 Å². The summed E-state index contributed by atoms with van der Waals surface area (Å²) in [5.41, 5.74) is 0. The van der Waals surface area contributed by atoms with E-state index in [1.54, 1.807) is 6.26 Å². The number of nitrogens with zero attached hydrogens (tertiary/aromatic N) is 3. The Labute approximate surface area is 189 Å². The number of anilines is 1. The fraction of sp³-hybridized carbons (Fsp3) is 0.609. The summed E-state index contributed by atoms with van der Waals surface area (Å²) in [6, 6.07) is 8.78. The van der Waals surface area contributed by atoms with Crippen molar-refractivity contribution in [2.75, 3.05) is 63.9 Å². The van der Waals surface area contributed by atoms with Crippen molar-refractivity contribution in [2.24, 2.45) is 4.99 Å². The van der Waals surface area contributed by atoms with E-state index >= 15 is 0 Å². The minimum Gasteiger partial charge on any atom is -0.469 e.